The fraction of sp³-hybridized carbons (Fsp3) is 0.231. The summed E-state index contributed by atoms with van der Waals surface area (Å²) >= 11 is 0. The Bertz CT molecular complexity index is 718. The number of amides is 2. The first-order chi connectivity index (χ1) is 9.65. The Hall–Kier alpha value is -2.70. The van der Waals surface area contributed by atoms with Crippen molar-refractivity contribution < 1.29 is 9.59 Å². The molecule has 102 valence electrons. The number of anilines is 1. The lowest BCUT2D eigenvalue weighted by atomic mass is 10.1. The Kier molecular flexibility index (Phi) is 2.94. The van der Waals surface area contributed by atoms with Crippen LogP contribution in [0.5, 0.6) is 0 Å². The van der Waals surface area contributed by atoms with Crippen LogP contribution in [0.1, 0.15) is 12.8 Å². The Morgan fingerprint density at radius 3 is 2.95 bits per heavy atom. The number of aromatic nitrogens is 2. The average Bonchev–Trinajstić information content (AvgIpc) is 2.85. The first-order valence-corrected chi connectivity index (χ1v) is 6.23. The van der Waals surface area contributed by atoms with Crippen molar-refractivity contribution in [2.45, 2.75) is 12.8 Å². The SMILES string of the molecule is CN1N=C(C(=O)Nc2n[nH]c3ccccc23)CCC1=O. The third-order valence-corrected chi connectivity index (χ3v) is 3.17. The van der Waals surface area contributed by atoms with Crippen LogP contribution in [0.25, 0.3) is 10.9 Å². The summed E-state index contributed by atoms with van der Waals surface area (Å²) in [7, 11) is 1.54. The van der Waals surface area contributed by atoms with Gasteiger partial charge in [0, 0.05) is 25.3 Å². The van der Waals surface area contributed by atoms with Gasteiger partial charge in [0.15, 0.2) is 5.82 Å². The maximum absolute atomic E-state index is 12.1. The molecule has 1 aliphatic heterocycles. The number of hydrazone groups is 1. The summed E-state index contributed by atoms with van der Waals surface area (Å²) < 4.78 is 0. The molecule has 0 saturated carbocycles. The van der Waals surface area contributed by atoms with Crippen LogP contribution >= 0.6 is 0 Å². The summed E-state index contributed by atoms with van der Waals surface area (Å²) in [4.78, 5) is 23.5. The summed E-state index contributed by atoms with van der Waals surface area (Å²) in [5.41, 5.74) is 1.18. The molecule has 0 unspecified atom stereocenters. The Balaban J connectivity index is 1.83. The van der Waals surface area contributed by atoms with Gasteiger partial charge in [-0.2, -0.15) is 10.2 Å². The molecule has 2 heterocycles. The van der Waals surface area contributed by atoms with E-state index in [2.05, 4.69) is 20.6 Å². The van der Waals surface area contributed by atoms with Crippen LogP contribution < -0.4 is 5.32 Å². The fourth-order valence-corrected chi connectivity index (χ4v) is 2.07. The van der Waals surface area contributed by atoms with Crippen molar-refractivity contribution in [2.75, 3.05) is 12.4 Å². The third kappa shape index (κ3) is 2.13. The van der Waals surface area contributed by atoms with Gasteiger partial charge in [-0.1, -0.05) is 12.1 Å². The van der Waals surface area contributed by atoms with Crippen LogP contribution in [0.3, 0.4) is 0 Å². The largest absolute Gasteiger partial charge is 0.303 e. The molecule has 1 aliphatic rings. The molecule has 0 saturated heterocycles. The highest BCUT2D eigenvalue weighted by atomic mass is 16.2. The molecule has 0 spiro atoms. The summed E-state index contributed by atoms with van der Waals surface area (Å²) in [5, 5.41) is 15.6. The molecule has 2 N–H and O–H groups in total. The first-order valence-electron chi connectivity index (χ1n) is 6.23. The van der Waals surface area contributed by atoms with Gasteiger partial charge in [-0.05, 0) is 12.1 Å². The van der Waals surface area contributed by atoms with E-state index in [9.17, 15) is 9.59 Å². The molecule has 0 fully saturated rings. The molecule has 3 rings (SSSR count). The maximum atomic E-state index is 12.1. The minimum atomic E-state index is -0.332. The Morgan fingerprint density at radius 2 is 2.15 bits per heavy atom. The van der Waals surface area contributed by atoms with E-state index in [1.807, 2.05) is 24.3 Å². The van der Waals surface area contributed by atoms with E-state index in [0.717, 1.165) is 10.9 Å². The highest BCUT2D eigenvalue weighted by molar-refractivity contribution is 6.43. The topological polar surface area (TPSA) is 90.4 Å². The van der Waals surface area contributed by atoms with Crippen molar-refractivity contribution in [2.24, 2.45) is 5.10 Å². The van der Waals surface area contributed by atoms with Crippen LogP contribution in [-0.4, -0.2) is 39.8 Å². The number of fused-ring (bicyclic) bond motifs is 1. The molecule has 2 amide bonds. The maximum Gasteiger partial charge on any atom is 0.273 e. The molecule has 0 bridgehead atoms. The molecule has 7 nitrogen and oxygen atoms in total. The van der Waals surface area contributed by atoms with Crippen LogP contribution in [0.15, 0.2) is 29.4 Å². The number of nitrogens with one attached hydrogen (secondary N) is 2. The van der Waals surface area contributed by atoms with Gasteiger partial charge in [0.2, 0.25) is 5.91 Å². The number of nitrogens with zero attached hydrogens (tertiary/aromatic N) is 3. The standard InChI is InChI=1S/C13H13N5O2/c1-18-11(19)7-6-10(17-18)13(20)14-12-8-4-2-3-5-9(8)15-16-12/h2-5H,6-7H2,1H3,(H2,14,15,16,20). The summed E-state index contributed by atoms with van der Waals surface area (Å²) in [6, 6.07) is 7.51. The zero-order valence-corrected chi connectivity index (χ0v) is 10.9. The lowest BCUT2D eigenvalue weighted by Crippen LogP contribution is -2.34. The molecule has 1 aromatic carbocycles. The molecular weight excluding hydrogens is 258 g/mol. The third-order valence-electron chi connectivity index (χ3n) is 3.17. The number of hydrogen-bond acceptors (Lipinski definition) is 4. The molecular formula is C13H13N5O2. The minimum absolute atomic E-state index is 0.0910. The molecule has 0 aliphatic carbocycles. The number of para-hydroxylation sites is 1. The predicted molar refractivity (Wildman–Crippen MR) is 74.2 cm³/mol. The normalized spacial score (nSPS) is 15.3. The number of rotatable bonds is 2. The lowest BCUT2D eigenvalue weighted by molar-refractivity contribution is -0.130. The van der Waals surface area contributed by atoms with E-state index in [-0.39, 0.29) is 11.8 Å². The fourth-order valence-electron chi connectivity index (χ4n) is 2.07. The van der Waals surface area contributed by atoms with E-state index < -0.39 is 0 Å². The quantitative estimate of drug-likeness (QED) is 0.857. The second kappa shape index (κ2) is 4.76. The average molecular weight is 271 g/mol. The van der Waals surface area contributed by atoms with Gasteiger partial charge in [0.1, 0.15) is 5.71 Å². The second-order valence-corrected chi connectivity index (χ2v) is 4.54. The number of benzene rings is 1. The number of carbonyl (C=O) groups excluding carboxylic acids is 2. The van der Waals surface area contributed by atoms with Gasteiger partial charge in [0.25, 0.3) is 5.91 Å². The summed E-state index contributed by atoms with van der Waals surface area (Å²) in [6.07, 6.45) is 0.640. The van der Waals surface area contributed by atoms with Crippen molar-refractivity contribution in [3.05, 3.63) is 24.3 Å². The molecule has 7 heteroatoms. The Morgan fingerprint density at radius 1 is 1.35 bits per heavy atom. The zero-order chi connectivity index (χ0) is 14.1. The van der Waals surface area contributed by atoms with Gasteiger partial charge in [-0.3, -0.25) is 14.7 Å². The van der Waals surface area contributed by atoms with Crippen LogP contribution in [0.4, 0.5) is 5.82 Å². The van der Waals surface area contributed by atoms with Crippen LogP contribution in [-0.2, 0) is 9.59 Å². The van der Waals surface area contributed by atoms with Crippen molar-refractivity contribution >= 4 is 34.2 Å². The number of hydrogen-bond donors (Lipinski definition) is 2. The number of aromatic amines is 1. The highest BCUT2D eigenvalue weighted by Gasteiger charge is 2.22. The molecule has 20 heavy (non-hydrogen) atoms. The minimum Gasteiger partial charge on any atom is -0.303 e. The Labute approximate surface area is 114 Å². The van der Waals surface area contributed by atoms with Crippen LogP contribution in [0.2, 0.25) is 0 Å². The molecule has 0 radical (unpaired) electrons. The van der Waals surface area contributed by atoms with Crippen molar-refractivity contribution in [3.63, 3.8) is 0 Å². The van der Waals surface area contributed by atoms with Crippen molar-refractivity contribution in [1.82, 2.24) is 15.2 Å². The highest BCUT2D eigenvalue weighted by Crippen LogP contribution is 2.20. The van der Waals surface area contributed by atoms with Crippen molar-refractivity contribution in [1.29, 1.82) is 0 Å². The van der Waals surface area contributed by atoms with Gasteiger partial charge >= 0.3 is 0 Å². The van der Waals surface area contributed by atoms with Crippen LogP contribution in [0, 0.1) is 0 Å². The molecule has 1 aromatic heterocycles. The summed E-state index contributed by atoms with van der Waals surface area (Å²) in [5.74, 6) is 0.0428. The predicted octanol–water partition coefficient (Wildman–Crippen LogP) is 1.11. The van der Waals surface area contributed by atoms with Crippen molar-refractivity contribution in [3.8, 4) is 0 Å². The van der Waals surface area contributed by atoms with E-state index in [4.69, 9.17) is 0 Å². The first kappa shape index (κ1) is 12.3. The van der Waals surface area contributed by atoms with E-state index >= 15 is 0 Å². The second-order valence-electron chi connectivity index (χ2n) is 4.54. The summed E-state index contributed by atoms with van der Waals surface area (Å²) in [6.45, 7) is 0. The lowest BCUT2D eigenvalue weighted by Gasteiger charge is -2.18. The number of carbonyl (C=O) groups is 2. The van der Waals surface area contributed by atoms with Gasteiger partial charge in [-0.25, -0.2) is 5.01 Å². The zero-order valence-electron chi connectivity index (χ0n) is 10.9. The van der Waals surface area contributed by atoms with Gasteiger partial charge in [-0.15, -0.1) is 0 Å². The molecule has 2 aromatic rings. The van der Waals surface area contributed by atoms with E-state index in [0.29, 0.717) is 24.4 Å². The van der Waals surface area contributed by atoms with Gasteiger partial charge in [0.05, 0.1) is 5.52 Å². The van der Waals surface area contributed by atoms with E-state index in [1.165, 1.54) is 5.01 Å². The monoisotopic (exact) mass is 271 g/mol. The molecule has 0 atom stereocenters. The van der Waals surface area contributed by atoms with Gasteiger partial charge < -0.3 is 5.32 Å². The smallest absolute Gasteiger partial charge is 0.273 e. The number of H-pyrrole nitrogens is 1. The van der Waals surface area contributed by atoms with E-state index in [1.54, 1.807) is 7.05 Å².